The van der Waals surface area contributed by atoms with Crippen LogP contribution >= 0.6 is 0 Å². The van der Waals surface area contributed by atoms with E-state index in [9.17, 15) is 0 Å². The Kier molecular flexibility index (Phi) is 9.39. The quantitative estimate of drug-likeness (QED) is 0.688. The van der Waals surface area contributed by atoms with Crippen LogP contribution < -0.4 is 0 Å². The summed E-state index contributed by atoms with van der Waals surface area (Å²) >= 11 is 0. The molecule has 1 unspecified atom stereocenters. The lowest BCUT2D eigenvalue weighted by Crippen LogP contribution is -2.05. The molecular formula is C21H30N4. The maximum Gasteiger partial charge on any atom is 0.116 e. The summed E-state index contributed by atoms with van der Waals surface area (Å²) in [5, 5.41) is 8.45. The van der Waals surface area contributed by atoms with Gasteiger partial charge in [0.25, 0.3) is 0 Å². The predicted octanol–water partition coefficient (Wildman–Crippen LogP) is 5.26. The van der Waals surface area contributed by atoms with Crippen LogP contribution in [0.25, 0.3) is 11.6 Å². The Morgan fingerprint density at radius 2 is 2.12 bits per heavy atom. The third kappa shape index (κ3) is 6.26. The summed E-state index contributed by atoms with van der Waals surface area (Å²) in [7, 11) is 1.74. The Morgan fingerprint density at radius 1 is 1.44 bits per heavy atom. The highest BCUT2D eigenvalue weighted by Crippen LogP contribution is 2.32. The molecule has 0 aromatic carbocycles. The number of hydrogen-bond acceptors (Lipinski definition) is 4. The first-order valence-corrected chi connectivity index (χ1v) is 8.98. The maximum absolute atomic E-state index is 8.45. The van der Waals surface area contributed by atoms with Gasteiger partial charge in [0.05, 0.1) is 11.8 Å². The molecule has 1 fully saturated rings. The van der Waals surface area contributed by atoms with Gasteiger partial charge in [-0.3, -0.25) is 4.99 Å². The van der Waals surface area contributed by atoms with Crippen molar-refractivity contribution >= 4 is 17.9 Å². The number of nitrogens with zero attached hydrogens (tertiary/aromatic N) is 4. The number of allylic oxidation sites excluding steroid dienone is 2. The lowest BCUT2D eigenvalue weighted by atomic mass is 9.90. The standard InChI is InChI=1S/C12H15N3.C9H15N/c1-5-10(7-13-4)12-11(6-2)9(3)14-8-15-12;1-8(6-7-10)9-4-2-3-5-9/h5-8H,2H2,1,3-4H3;8-9H,2-6H2,1H3/b10-5+,13-7?;. The molecule has 0 saturated heterocycles. The van der Waals surface area contributed by atoms with Gasteiger partial charge >= 0.3 is 0 Å². The van der Waals surface area contributed by atoms with Crippen molar-refractivity contribution in [2.24, 2.45) is 16.8 Å². The highest BCUT2D eigenvalue weighted by atomic mass is 14.8. The van der Waals surface area contributed by atoms with Crippen LogP contribution in [-0.4, -0.2) is 23.2 Å². The number of aliphatic imine (C=N–C) groups is 1. The Bertz CT molecular complexity index is 646. The summed E-state index contributed by atoms with van der Waals surface area (Å²) in [5.74, 6) is 1.51. The van der Waals surface area contributed by atoms with E-state index in [-0.39, 0.29) is 0 Å². The Hall–Kier alpha value is -2.28. The second kappa shape index (κ2) is 11.3. The summed E-state index contributed by atoms with van der Waals surface area (Å²) in [4.78, 5) is 12.4. The number of nitriles is 1. The fourth-order valence-electron chi connectivity index (χ4n) is 3.21. The third-order valence-corrected chi connectivity index (χ3v) is 4.76. The van der Waals surface area contributed by atoms with E-state index in [0.717, 1.165) is 34.9 Å². The highest BCUT2D eigenvalue weighted by molar-refractivity contribution is 6.10. The van der Waals surface area contributed by atoms with Gasteiger partial charge in [0, 0.05) is 36.5 Å². The van der Waals surface area contributed by atoms with Crippen LogP contribution in [0.2, 0.25) is 0 Å². The summed E-state index contributed by atoms with van der Waals surface area (Å²) in [6.07, 6.45) is 13.4. The topological polar surface area (TPSA) is 61.9 Å². The summed E-state index contributed by atoms with van der Waals surface area (Å²) in [6, 6.07) is 2.24. The van der Waals surface area contributed by atoms with Crippen LogP contribution in [0.15, 0.2) is 24.0 Å². The first kappa shape index (κ1) is 20.8. The fourth-order valence-corrected chi connectivity index (χ4v) is 3.21. The molecule has 4 nitrogen and oxygen atoms in total. The molecule has 0 radical (unpaired) electrons. The maximum atomic E-state index is 8.45. The molecule has 25 heavy (non-hydrogen) atoms. The molecule has 0 amide bonds. The van der Waals surface area contributed by atoms with Crippen molar-refractivity contribution in [1.29, 1.82) is 5.26 Å². The fraction of sp³-hybridized carbons (Fsp3) is 0.524. The Balaban J connectivity index is 0.000000271. The molecule has 0 bridgehead atoms. The smallest absolute Gasteiger partial charge is 0.116 e. The van der Waals surface area contributed by atoms with Crippen LogP contribution in [0.4, 0.5) is 0 Å². The van der Waals surface area contributed by atoms with Gasteiger partial charge in [-0.15, -0.1) is 0 Å². The number of aryl methyl sites for hydroxylation is 1. The van der Waals surface area contributed by atoms with E-state index in [1.165, 1.54) is 25.7 Å². The van der Waals surface area contributed by atoms with Gasteiger partial charge in [-0.1, -0.05) is 51.3 Å². The predicted molar refractivity (Wildman–Crippen MR) is 106 cm³/mol. The molecule has 1 aliphatic rings. The first-order valence-electron chi connectivity index (χ1n) is 8.98. The largest absolute Gasteiger partial charge is 0.296 e. The Morgan fingerprint density at radius 3 is 2.64 bits per heavy atom. The zero-order chi connectivity index (χ0) is 18.7. The molecule has 134 valence electrons. The van der Waals surface area contributed by atoms with Crippen molar-refractivity contribution in [3.8, 4) is 6.07 Å². The molecule has 1 saturated carbocycles. The van der Waals surface area contributed by atoms with E-state index in [0.29, 0.717) is 5.92 Å². The van der Waals surface area contributed by atoms with Crippen LogP contribution in [-0.2, 0) is 0 Å². The van der Waals surface area contributed by atoms with Crippen LogP contribution in [0.3, 0.4) is 0 Å². The van der Waals surface area contributed by atoms with Crippen molar-refractivity contribution in [1.82, 2.24) is 9.97 Å². The van der Waals surface area contributed by atoms with Gasteiger partial charge in [-0.2, -0.15) is 5.26 Å². The highest BCUT2D eigenvalue weighted by Gasteiger charge is 2.20. The minimum Gasteiger partial charge on any atom is -0.296 e. The molecule has 1 aromatic heterocycles. The van der Waals surface area contributed by atoms with Gasteiger partial charge in [0.15, 0.2) is 0 Å². The van der Waals surface area contributed by atoms with Gasteiger partial charge in [-0.25, -0.2) is 9.97 Å². The van der Waals surface area contributed by atoms with E-state index >= 15 is 0 Å². The lowest BCUT2D eigenvalue weighted by molar-refractivity contribution is 0.373. The zero-order valence-electron chi connectivity index (χ0n) is 16.0. The molecule has 0 aliphatic heterocycles. The zero-order valence-corrected chi connectivity index (χ0v) is 16.0. The molecule has 4 heteroatoms. The van der Waals surface area contributed by atoms with Crippen molar-refractivity contribution in [3.05, 3.63) is 35.9 Å². The normalized spacial score (nSPS) is 16.2. The minimum absolute atomic E-state index is 0.646. The first-order chi connectivity index (χ1) is 12.1. The molecule has 1 atom stereocenters. The van der Waals surface area contributed by atoms with E-state index in [2.05, 4.69) is 34.5 Å². The number of hydrogen-bond donors (Lipinski definition) is 0. The average molecular weight is 338 g/mol. The van der Waals surface area contributed by atoms with E-state index in [1.54, 1.807) is 25.7 Å². The SMILES string of the molecule is C=Cc1c(C)ncnc1/C(C=NC)=C/C.CC(CC#N)C1CCCC1. The lowest BCUT2D eigenvalue weighted by Gasteiger charge is -2.14. The van der Waals surface area contributed by atoms with Crippen molar-refractivity contribution in [2.45, 2.75) is 52.9 Å². The summed E-state index contributed by atoms with van der Waals surface area (Å²) in [6.45, 7) is 9.89. The molecule has 2 rings (SSSR count). The van der Waals surface area contributed by atoms with E-state index < -0.39 is 0 Å². The van der Waals surface area contributed by atoms with Gasteiger partial charge < -0.3 is 0 Å². The second-order valence-electron chi connectivity index (χ2n) is 6.44. The molecule has 1 aliphatic carbocycles. The van der Waals surface area contributed by atoms with Crippen molar-refractivity contribution < 1.29 is 0 Å². The van der Waals surface area contributed by atoms with Crippen LogP contribution in [0, 0.1) is 30.1 Å². The second-order valence-corrected chi connectivity index (χ2v) is 6.44. The summed E-state index contributed by atoms with van der Waals surface area (Å²) < 4.78 is 0. The van der Waals surface area contributed by atoms with Crippen molar-refractivity contribution in [3.63, 3.8) is 0 Å². The molecule has 1 aromatic rings. The van der Waals surface area contributed by atoms with Crippen molar-refractivity contribution in [2.75, 3.05) is 7.05 Å². The molecule has 0 spiro atoms. The van der Waals surface area contributed by atoms with Crippen LogP contribution in [0.1, 0.15) is 62.9 Å². The molecule has 0 N–H and O–H groups in total. The number of rotatable bonds is 5. The van der Waals surface area contributed by atoms with Gasteiger partial charge in [0.2, 0.25) is 0 Å². The number of aromatic nitrogens is 2. The minimum atomic E-state index is 0.646. The van der Waals surface area contributed by atoms with Gasteiger partial charge in [0.1, 0.15) is 6.33 Å². The molecule has 1 heterocycles. The molecular weight excluding hydrogens is 308 g/mol. The van der Waals surface area contributed by atoms with E-state index in [1.807, 2.05) is 19.9 Å². The average Bonchev–Trinajstić information content (AvgIpc) is 3.15. The van der Waals surface area contributed by atoms with E-state index in [4.69, 9.17) is 5.26 Å². The summed E-state index contributed by atoms with van der Waals surface area (Å²) in [5.41, 5.74) is 3.76. The monoisotopic (exact) mass is 338 g/mol. The van der Waals surface area contributed by atoms with Crippen LogP contribution in [0.5, 0.6) is 0 Å². The third-order valence-electron chi connectivity index (χ3n) is 4.76. The van der Waals surface area contributed by atoms with Gasteiger partial charge in [-0.05, 0) is 25.7 Å². The Labute approximate surface area is 152 Å².